The van der Waals surface area contributed by atoms with Crippen LogP contribution in [0.15, 0.2) is 24.3 Å². The minimum Gasteiger partial charge on any atom is -0.436 e. The zero-order valence-electron chi connectivity index (χ0n) is 12.5. The van der Waals surface area contributed by atoms with Gasteiger partial charge in [0.2, 0.25) is 0 Å². The molecule has 0 saturated carbocycles. The number of amides is 1. The third kappa shape index (κ3) is 2.52. The van der Waals surface area contributed by atoms with Gasteiger partial charge in [-0.15, -0.1) is 0 Å². The number of carbonyl (C=O) groups is 1. The van der Waals surface area contributed by atoms with Crippen LogP contribution in [0.2, 0.25) is 0 Å². The van der Waals surface area contributed by atoms with E-state index in [1.807, 2.05) is 38.1 Å². The van der Waals surface area contributed by atoms with Crippen molar-refractivity contribution in [2.45, 2.75) is 58.4 Å². The molecule has 110 valence electrons. The molecule has 0 radical (unpaired) electrons. The summed E-state index contributed by atoms with van der Waals surface area (Å²) in [5, 5.41) is 10.4. The van der Waals surface area contributed by atoms with Crippen molar-refractivity contribution in [1.82, 2.24) is 4.90 Å². The second-order valence-electron chi connectivity index (χ2n) is 5.66. The van der Waals surface area contributed by atoms with E-state index in [1.54, 1.807) is 0 Å². The lowest BCUT2D eigenvalue weighted by atomic mass is 9.90. The molecule has 1 aliphatic rings. The van der Waals surface area contributed by atoms with Gasteiger partial charge in [-0.05, 0) is 31.7 Å². The van der Waals surface area contributed by atoms with Crippen molar-refractivity contribution in [1.29, 1.82) is 0 Å². The molecule has 1 N–H and O–H groups in total. The summed E-state index contributed by atoms with van der Waals surface area (Å²) in [5.74, 6) is 0.366. The van der Waals surface area contributed by atoms with Crippen LogP contribution in [0, 0.1) is 0 Å². The number of benzene rings is 1. The number of ether oxygens (including phenoxy) is 1. The summed E-state index contributed by atoms with van der Waals surface area (Å²) in [5.41, 5.74) is 2.04. The van der Waals surface area contributed by atoms with Crippen LogP contribution in [0.1, 0.15) is 57.3 Å². The Kier molecular flexibility index (Phi) is 4.33. The zero-order valence-corrected chi connectivity index (χ0v) is 12.5. The standard InChI is InChI=1S/C16H23NO3/c1-5-11(4)12-8-6-7-9-13(12)14-15(18)17(10(2)3)16(19)20-14/h6-11,14-15,18H,5H2,1-4H3. The smallest absolute Gasteiger partial charge is 0.412 e. The predicted molar refractivity (Wildman–Crippen MR) is 77.4 cm³/mol. The molecule has 20 heavy (non-hydrogen) atoms. The lowest BCUT2D eigenvalue weighted by Gasteiger charge is -2.24. The third-order valence-corrected chi connectivity index (χ3v) is 4.00. The van der Waals surface area contributed by atoms with Crippen LogP contribution in [0.25, 0.3) is 0 Å². The topological polar surface area (TPSA) is 49.8 Å². The highest BCUT2D eigenvalue weighted by Gasteiger charge is 2.43. The molecule has 1 heterocycles. The molecule has 0 aromatic heterocycles. The number of hydrogen-bond donors (Lipinski definition) is 1. The average molecular weight is 277 g/mol. The van der Waals surface area contributed by atoms with Crippen molar-refractivity contribution in [3.63, 3.8) is 0 Å². The fraction of sp³-hybridized carbons (Fsp3) is 0.562. The minimum atomic E-state index is -0.923. The third-order valence-electron chi connectivity index (χ3n) is 4.00. The molecule has 1 saturated heterocycles. The summed E-state index contributed by atoms with van der Waals surface area (Å²) in [7, 11) is 0. The molecule has 4 heteroatoms. The van der Waals surface area contributed by atoms with Gasteiger partial charge in [-0.1, -0.05) is 38.1 Å². The number of nitrogens with zero attached hydrogens (tertiary/aromatic N) is 1. The SMILES string of the molecule is CCC(C)c1ccccc1C1OC(=O)N(C(C)C)C1O. The van der Waals surface area contributed by atoms with Gasteiger partial charge in [0.15, 0.2) is 12.3 Å². The lowest BCUT2D eigenvalue weighted by Crippen LogP contribution is -2.39. The Morgan fingerprint density at radius 3 is 2.50 bits per heavy atom. The van der Waals surface area contributed by atoms with Gasteiger partial charge in [0.25, 0.3) is 0 Å². The van der Waals surface area contributed by atoms with Crippen LogP contribution < -0.4 is 0 Å². The second kappa shape index (κ2) is 5.83. The molecular formula is C16H23NO3. The number of aliphatic hydroxyl groups excluding tert-OH is 1. The highest BCUT2D eigenvalue weighted by molar-refractivity contribution is 5.71. The first kappa shape index (κ1) is 14.9. The van der Waals surface area contributed by atoms with E-state index in [0.29, 0.717) is 5.92 Å². The maximum atomic E-state index is 11.9. The van der Waals surface area contributed by atoms with Gasteiger partial charge >= 0.3 is 6.09 Å². The quantitative estimate of drug-likeness (QED) is 0.917. The van der Waals surface area contributed by atoms with Crippen LogP contribution >= 0.6 is 0 Å². The average Bonchev–Trinajstić information content (AvgIpc) is 2.73. The van der Waals surface area contributed by atoms with Crippen molar-refractivity contribution < 1.29 is 14.6 Å². The highest BCUT2D eigenvalue weighted by Crippen LogP contribution is 2.36. The first-order chi connectivity index (χ1) is 9.47. The molecular weight excluding hydrogens is 254 g/mol. The lowest BCUT2D eigenvalue weighted by molar-refractivity contribution is 0.00255. The van der Waals surface area contributed by atoms with Crippen LogP contribution in [-0.2, 0) is 4.74 Å². The van der Waals surface area contributed by atoms with Crippen molar-refractivity contribution in [2.75, 3.05) is 0 Å². The Morgan fingerprint density at radius 2 is 1.95 bits per heavy atom. The normalized spacial score (nSPS) is 24.1. The van der Waals surface area contributed by atoms with E-state index in [1.165, 1.54) is 4.90 Å². The molecule has 0 aliphatic carbocycles. The van der Waals surface area contributed by atoms with Gasteiger partial charge in [-0.25, -0.2) is 4.79 Å². The summed E-state index contributed by atoms with van der Waals surface area (Å²) in [6.45, 7) is 8.00. The molecule has 0 bridgehead atoms. The number of cyclic esters (lactones) is 1. The Balaban J connectivity index is 2.36. The fourth-order valence-corrected chi connectivity index (χ4v) is 2.66. The minimum absolute atomic E-state index is 0.0849. The van der Waals surface area contributed by atoms with Crippen molar-refractivity contribution in [3.8, 4) is 0 Å². The van der Waals surface area contributed by atoms with Crippen LogP contribution in [0.5, 0.6) is 0 Å². The summed E-state index contributed by atoms with van der Waals surface area (Å²) >= 11 is 0. The predicted octanol–water partition coefficient (Wildman–Crippen LogP) is 3.42. The summed E-state index contributed by atoms with van der Waals surface area (Å²) in [6, 6.07) is 7.79. The van der Waals surface area contributed by atoms with Crippen LogP contribution in [0.3, 0.4) is 0 Å². The van der Waals surface area contributed by atoms with Gasteiger partial charge in [-0.3, -0.25) is 4.90 Å². The summed E-state index contributed by atoms with van der Waals surface area (Å²) < 4.78 is 5.41. The monoisotopic (exact) mass is 277 g/mol. The Bertz CT molecular complexity index is 486. The molecule has 3 unspecified atom stereocenters. The number of rotatable bonds is 4. The molecule has 1 aromatic carbocycles. The number of carbonyl (C=O) groups excluding carboxylic acids is 1. The van der Waals surface area contributed by atoms with E-state index in [2.05, 4.69) is 13.8 Å². The van der Waals surface area contributed by atoms with E-state index in [-0.39, 0.29) is 6.04 Å². The zero-order chi connectivity index (χ0) is 14.9. The van der Waals surface area contributed by atoms with Gasteiger partial charge < -0.3 is 9.84 Å². The van der Waals surface area contributed by atoms with Crippen LogP contribution in [-0.4, -0.2) is 28.4 Å². The Morgan fingerprint density at radius 1 is 1.30 bits per heavy atom. The van der Waals surface area contributed by atoms with Gasteiger partial charge in [0, 0.05) is 11.6 Å². The maximum absolute atomic E-state index is 11.9. The number of hydrogen-bond acceptors (Lipinski definition) is 3. The largest absolute Gasteiger partial charge is 0.436 e. The summed E-state index contributed by atoms with van der Waals surface area (Å²) in [4.78, 5) is 13.3. The van der Waals surface area contributed by atoms with Gasteiger partial charge in [0.05, 0.1) is 0 Å². The van der Waals surface area contributed by atoms with Crippen molar-refractivity contribution in [2.24, 2.45) is 0 Å². The van der Waals surface area contributed by atoms with Crippen molar-refractivity contribution in [3.05, 3.63) is 35.4 Å². The van der Waals surface area contributed by atoms with E-state index in [4.69, 9.17) is 4.74 Å². The Hall–Kier alpha value is -1.55. The van der Waals surface area contributed by atoms with Gasteiger partial charge in [0.1, 0.15) is 0 Å². The van der Waals surface area contributed by atoms with Gasteiger partial charge in [-0.2, -0.15) is 0 Å². The first-order valence-electron chi connectivity index (χ1n) is 7.23. The van der Waals surface area contributed by atoms with Crippen molar-refractivity contribution >= 4 is 6.09 Å². The molecule has 1 amide bonds. The Labute approximate surface area is 120 Å². The van der Waals surface area contributed by atoms with E-state index in [9.17, 15) is 9.90 Å². The first-order valence-corrected chi connectivity index (χ1v) is 7.23. The highest BCUT2D eigenvalue weighted by atomic mass is 16.6. The van der Waals surface area contributed by atoms with E-state index >= 15 is 0 Å². The second-order valence-corrected chi connectivity index (χ2v) is 5.66. The van der Waals surface area contributed by atoms with E-state index in [0.717, 1.165) is 17.5 Å². The molecule has 2 rings (SSSR count). The molecule has 1 aliphatic heterocycles. The summed E-state index contributed by atoms with van der Waals surface area (Å²) in [6.07, 6.45) is -0.971. The van der Waals surface area contributed by atoms with Crippen LogP contribution in [0.4, 0.5) is 4.79 Å². The molecule has 1 fully saturated rings. The molecule has 0 spiro atoms. The molecule has 3 atom stereocenters. The number of aliphatic hydroxyl groups is 1. The molecule has 4 nitrogen and oxygen atoms in total. The fourth-order valence-electron chi connectivity index (χ4n) is 2.66. The maximum Gasteiger partial charge on any atom is 0.412 e. The molecule has 1 aromatic rings. The van der Waals surface area contributed by atoms with E-state index < -0.39 is 18.4 Å².